The van der Waals surface area contributed by atoms with Crippen LogP contribution in [0.2, 0.25) is 0 Å². The molecule has 20 heavy (non-hydrogen) atoms. The molecule has 3 nitrogen and oxygen atoms in total. The first kappa shape index (κ1) is 15.6. The molecule has 0 radical (unpaired) electrons. The lowest BCUT2D eigenvalue weighted by Crippen LogP contribution is -2.35. The molecule has 0 atom stereocenters. The molecular weight excluding hydrogens is 335 g/mol. The minimum Gasteiger partial charge on any atom is -0.348 e. The molecule has 7 heteroatoms. The fourth-order valence-corrected chi connectivity index (χ4v) is 2.36. The molecule has 1 aliphatic carbocycles. The van der Waals surface area contributed by atoms with Crippen molar-refractivity contribution in [2.75, 3.05) is 18.0 Å². The van der Waals surface area contributed by atoms with Gasteiger partial charge in [-0.1, -0.05) is 0 Å². The molecule has 112 valence electrons. The Labute approximate surface area is 124 Å². The number of pyridine rings is 1. The fourth-order valence-electron chi connectivity index (χ4n) is 1.98. The van der Waals surface area contributed by atoms with Gasteiger partial charge < -0.3 is 10.2 Å². The number of anilines is 1. The number of nitrogens with one attached hydrogen (secondary N) is 1. The first-order valence-electron chi connectivity index (χ1n) is 6.58. The van der Waals surface area contributed by atoms with Gasteiger partial charge >= 0.3 is 6.18 Å². The Morgan fingerprint density at radius 3 is 2.70 bits per heavy atom. The molecule has 1 aromatic rings. The van der Waals surface area contributed by atoms with Crippen LogP contribution in [0.4, 0.5) is 19.0 Å². The Morgan fingerprint density at radius 2 is 2.15 bits per heavy atom. The van der Waals surface area contributed by atoms with Crippen molar-refractivity contribution < 1.29 is 13.2 Å². The van der Waals surface area contributed by atoms with E-state index >= 15 is 0 Å². The van der Waals surface area contributed by atoms with E-state index in [0.717, 1.165) is 22.9 Å². The number of alkyl halides is 3. The van der Waals surface area contributed by atoms with Crippen LogP contribution < -0.4 is 10.2 Å². The minimum absolute atomic E-state index is 0.268. The Hall–Kier alpha value is -0.820. The van der Waals surface area contributed by atoms with Gasteiger partial charge in [0.1, 0.15) is 12.4 Å². The monoisotopic (exact) mass is 351 g/mol. The highest BCUT2D eigenvalue weighted by Crippen LogP contribution is 2.27. The predicted octanol–water partition coefficient (Wildman–Crippen LogP) is 3.48. The van der Waals surface area contributed by atoms with Crippen LogP contribution in [0.3, 0.4) is 0 Å². The van der Waals surface area contributed by atoms with Crippen molar-refractivity contribution in [3.05, 3.63) is 22.3 Å². The zero-order chi connectivity index (χ0) is 14.8. The number of nitrogens with zero attached hydrogens (tertiary/aromatic N) is 2. The molecule has 0 amide bonds. The van der Waals surface area contributed by atoms with Gasteiger partial charge in [-0.15, -0.1) is 0 Å². The average molecular weight is 352 g/mol. The lowest BCUT2D eigenvalue weighted by Gasteiger charge is -2.25. The Bertz CT molecular complexity index is 461. The van der Waals surface area contributed by atoms with Crippen molar-refractivity contribution in [2.24, 2.45) is 0 Å². The average Bonchev–Trinajstić information content (AvgIpc) is 3.17. The van der Waals surface area contributed by atoms with E-state index in [9.17, 15) is 13.2 Å². The van der Waals surface area contributed by atoms with Crippen LogP contribution in [0.15, 0.2) is 16.7 Å². The lowest BCUT2D eigenvalue weighted by molar-refractivity contribution is -0.119. The van der Waals surface area contributed by atoms with E-state index in [2.05, 4.69) is 26.2 Å². The molecule has 1 N–H and O–H groups in total. The zero-order valence-corrected chi connectivity index (χ0v) is 12.8. The smallest absolute Gasteiger partial charge is 0.348 e. The van der Waals surface area contributed by atoms with Gasteiger partial charge in [0, 0.05) is 35.4 Å². The second-order valence-corrected chi connectivity index (χ2v) is 5.84. The second kappa shape index (κ2) is 6.30. The van der Waals surface area contributed by atoms with Crippen LogP contribution in [0.5, 0.6) is 0 Å². The van der Waals surface area contributed by atoms with Crippen molar-refractivity contribution in [1.29, 1.82) is 0 Å². The summed E-state index contributed by atoms with van der Waals surface area (Å²) < 4.78 is 38.6. The molecule has 1 fully saturated rings. The first-order chi connectivity index (χ1) is 9.39. The summed E-state index contributed by atoms with van der Waals surface area (Å²) in [4.78, 5) is 5.43. The molecule has 1 aromatic heterocycles. The van der Waals surface area contributed by atoms with Gasteiger partial charge in [0.2, 0.25) is 0 Å². The van der Waals surface area contributed by atoms with E-state index in [-0.39, 0.29) is 6.54 Å². The molecule has 0 bridgehead atoms. The van der Waals surface area contributed by atoms with Gasteiger partial charge in [-0.2, -0.15) is 13.2 Å². The van der Waals surface area contributed by atoms with E-state index in [1.165, 1.54) is 11.1 Å². The van der Waals surface area contributed by atoms with Crippen LogP contribution >= 0.6 is 15.9 Å². The molecular formula is C13H17BrF3N3. The van der Waals surface area contributed by atoms with Crippen LogP contribution in [0.1, 0.15) is 25.3 Å². The van der Waals surface area contributed by atoms with Crippen LogP contribution in [0, 0.1) is 0 Å². The molecule has 0 aliphatic heterocycles. The highest BCUT2D eigenvalue weighted by atomic mass is 79.9. The maximum atomic E-state index is 12.6. The number of aromatic nitrogens is 1. The molecule has 1 saturated carbocycles. The van der Waals surface area contributed by atoms with Gasteiger partial charge in [0.15, 0.2) is 0 Å². The minimum atomic E-state index is -4.23. The van der Waals surface area contributed by atoms with Crippen molar-refractivity contribution in [3.63, 3.8) is 0 Å². The third kappa shape index (κ3) is 4.63. The lowest BCUT2D eigenvalue weighted by atomic mass is 10.2. The van der Waals surface area contributed by atoms with E-state index in [4.69, 9.17) is 0 Å². The van der Waals surface area contributed by atoms with Gasteiger partial charge in [-0.3, -0.25) is 0 Å². The Balaban J connectivity index is 2.17. The highest BCUT2D eigenvalue weighted by molar-refractivity contribution is 9.10. The number of halogens is 4. The topological polar surface area (TPSA) is 28.2 Å². The van der Waals surface area contributed by atoms with E-state index in [0.29, 0.717) is 18.4 Å². The van der Waals surface area contributed by atoms with E-state index in [1.807, 2.05) is 6.07 Å². The largest absolute Gasteiger partial charge is 0.405 e. The SMILES string of the molecule is CCN(CC(F)(F)F)c1ncc(Br)cc1CNC1CC1. The summed E-state index contributed by atoms with van der Waals surface area (Å²) in [7, 11) is 0. The van der Waals surface area contributed by atoms with Gasteiger partial charge in [0.05, 0.1) is 0 Å². The van der Waals surface area contributed by atoms with E-state index < -0.39 is 12.7 Å². The summed E-state index contributed by atoms with van der Waals surface area (Å²) in [6.45, 7) is 1.54. The summed E-state index contributed by atoms with van der Waals surface area (Å²) in [5, 5.41) is 3.31. The quantitative estimate of drug-likeness (QED) is 0.850. The van der Waals surface area contributed by atoms with Crippen molar-refractivity contribution >= 4 is 21.7 Å². The normalized spacial score (nSPS) is 15.4. The third-order valence-electron chi connectivity index (χ3n) is 3.12. The van der Waals surface area contributed by atoms with Gasteiger partial charge in [-0.05, 0) is 41.8 Å². The van der Waals surface area contributed by atoms with Crippen LogP contribution in [0.25, 0.3) is 0 Å². The number of rotatable bonds is 6. The van der Waals surface area contributed by atoms with Crippen LogP contribution in [-0.4, -0.2) is 30.3 Å². The Morgan fingerprint density at radius 1 is 1.45 bits per heavy atom. The summed E-state index contributed by atoms with van der Waals surface area (Å²) in [5.41, 5.74) is 0.789. The molecule has 0 saturated heterocycles. The zero-order valence-electron chi connectivity index (χ0n) is 11.2. The van der Waals surface area contributed by atoms with E-state index in [1.54, 1.807) is 6.92 Å². The molecule has 0 spiro atoms. The number of hydrogen-bond donors (Lipinski definition) is 1. The highest BCUT2D eigenvalue weighted by Gasteiger charge is 2.31. The maximum Gasteiger partial charge on any atom is 0.405 e. The summed E-state index contributed by atoms with van der Waals surface area (Å²) >= 11 is 3.32. The van der Waals surface area contributed by atoms with Crippen LogP contribution in [-0.2, 0) is 6.54 Å². The third-order valence-corrected chi connectivity index (χ3v) is 3.55. The molecule has 1 heterocycles. The van der Waals surface area contributed by atoms with Crippen molar-refractivity contribution in [1.82, 2.24) is 10.3 Å². The maximum absolute atomic E-state index is 12.6. The number of hydrogen-bond acceptors (Lipinski definition) is 3. The first-order valence-corrected chi connectivity index (χ1v) is 7.38. The molecule has 0 unspecified atom stereocenters. The van der Waals surface area contributed by atoms with Crippen molar-refractivity contribution in [3.8, 4) is 0 Å². The Kier molecular flexibility index (Phi) is 4.90. The molecule has 0 aromatic carbocycles. The summed E-state index contributed by atoms with van der Waals surface area (Å²) in [6.07, 6.45) is -0.422. The van der Waals surface area contributed by atoms with Crippen molar-refractivity contribution in [2.45, 2.75) is 38.5 Å². The second-order valence-electron chi connectivity index (χ2n) is 4.92. The molecule has 2 rings (SSSR count). The van der Waals surface area contributed by atoms with Gasteiger partial charge in [-0.25, -0.2) is 4.98 Å². The fraction of sp³-hybridized carbons (Fsp3) is 0.615. The predicted molar refractivity (Wildman–Crippen MR) is 75.7 cm³/mol. The standard InChI is InChI=1S/C13H17BrF3N3/c1-2-20(8-13(15,16)17)12-9(5-10(14)7-19-12)6-18-11-3-4-11/h5,7,11,18H,2-4,6,8H2,1H3. The summed E-state index contributed by atoms with van der Waals surface area (Å²) in [6, 6.07) is 2.33. The summed E-state index contributed by atoms with van der Waals surface area (Å²) in [5.74, 6) is 0.404. The molecule has 1 aliphatic rings. The van der Waals surface area contributed by atoms with Gasteiger partial charge in [0.25, 0.3) is 0 Å².